The van der Waals surface area contributed by atoms with Gasteiger partial charge in [-0.25, -0.2) is 0 Å². The lowest BCUT2D eigenvalue weighted by atomic mass is 9.97. The molecular formula is C17H34N2. The number of nitrogens with zero attached hydrogens (tertiary/aromatic N) is 1. The van der Waals surface area contributed by atoms with E-state index in [0.29, 0.717) is 0 Å². The van der Waals surface area contributed by atoms with Gasteiger partial charge in [0, 0.05) is 12.1 Å². The van der Waals surface area contributed by atoms with Crippen molar-refractivity contribution < 1.29 is 0 Å². The molecule has 19 heavy (non-hydrogen) atoms. The van der Waals surface area contributed by atoms with Crippen LogP contribution in [0.3, 0.4) is 0 Å². The van der Waals surface area contributed by atoms with Gasteiger partial charge in [0.05, 0.1) is 0 Å². The second-order valence-corrected chi connectivity index (χ2v) is 7.10. The molecule has 0 aromatic heterocycles. The van der Waals surface area contributed by atoms with Gasteiger partial charge in [0.15, 0.2) is 0 Å². The van der Waals surface area contributed by atoms with E-state index in [1.54, 1.807) is 0 Å². The van der Waals surface area contributed by atoms with Crippen LogP contribution in [0.5, 0.6) is 0 Å². The largest absolute Gasteiger partial charge is 0.314 e. The Morgan fingerprint density at radius 1 is 1.05 bits per heavy atom. The molecule has 2 fully saturated rings. The van der Waals surface area contributed by atoms with E-state index in [2.05, 4.69) is 24.1 Å². The summed E-state index contributed by atoms with van der Waals surface area (Å²) in [4.78, 5) is 2.71. The summed E-state index contributed by atoms with van der Waals surface area (Å²) in [6.45, 7) is 8.62. The average Bonchev–Trinajstić information content (AvgIpc) is 2.84. The van der Waals surface area contributed by atoms with E-state index in [9.17, 15) is 0 Å². The van der Waals surface area contributed by atoms with Crippen molar-refractivity contribution in [2.45, 2.75) is 83.7 Å². The molecule has 2 heteroatoms. The van der Waals surface area contributed by atoms with E-state index in [1.165, 1.54) is 77.4 Å². The highest BCUT2D eigenvalue weighted by molar-refractivity contribution is 4.89. The molecule has 0 aromatic rings. The molecule has 0 saturated carbocycles. The van der Waals surface area contributed by atoms with Gasteiger partial charge >= 0.3 is 0 Å². The number of rotatable bonds is 8. The summed E-state index contributed by atoms with van der Waals surface area (Å²) in [6, 6.07) is 1.73. The molecule has 112 valence electrons. The van der Waals surface area contributed by atoms with E-state index in [0.717, 1.165) is 18.0 Å². The highest BCUT2D eigenvalue weighted by Crippen LogP contribution is 2.26. The molecular weight excluding hydrogens is 232 g/mol. The number of piperidine rings is 1. The van der Waals surface area contributed by atoms with Gasteiger partial charge in [-0.2, -0.15) is 0 Å². The molecule has 0 aliphatic carbocycles. The van der Waals surface area contributed by atoms with E-state index < -0.39 is 0 Å². The average molecular weight is 266 g/mol. The van der Waals surface area contributed by atoms with Crippen molar-refractivity contribution >= 4 is 0 Å². The summed E-state index contributed by atoms with van der Waals surface area (Å²) >= 11 is 0. The first-order chi connectivity index (χ1) is 9.25. The monoisotopic (exact) mass is 266 g/mol. The molecule has 2 unspecified atom stereocenters. The van der Waals surface area contributed by atoms with Gasteiger partial charge in [-0.15, -0.1) is 0 Å². The third kappa shape index (κ3) is 5.43. The summed E-state index contributed by atoms with van der Waals surface area (Å²) in [6.07, 6.45) is 12.7. The van der Waals surface area contributed by atoms with Crippen LogP contribution in [0.1, 0.15) is 71.6 Å². The Morgan fingerprint density at radius 2 is 1.89 bits per heavy atom. The maximum Gasteiger partial charge on any atom is 0.0111 e. The minimum atomic E-state index is 0.815. The Kier molecular flexibility index (Phi) is 6.66. The zero-order valence-electron chi connectivity index (χ0n) is 13.2. The molecule has 2 nitrogen and oxygen atoms in total. The van der Waals surface area contributed by atoms with E-state index in [1.807, 2.05) is 0 Å². The van der Waals surface area contributed by atoms with Crippen LogP contribution in [0.4, 0.5) is 0 Å². The van der Waals surface area contributed by atoms with Crippen molar-refractivity contribution in [2.75, 3.05) is 19.6 Å². The molecule has 0 amide bonds. The third-order valence-corrected chi connectivity index (χ3v) is 4.96. The predicted octanol–water partition coefficient (Wildman–Crippen LogP) is 3.81. The Hall–Kier alpha value is -0.0800. The van der Waals surface area contributed by atoms with E-state index in [-0.39, 0.29) is 0 Å². The Bertz CT molecular complexity index is 239. The van der Waals surface area contributed by atoms with Crippen molar-refractivity contribution in [1.29, 1.82) is 0 Å². The van der Waals surface area contributed by atoms with Gasteiger partial charge in [-0.05, 0) is 57.7 Å². The maximum atomic E-state index is 3.81. The van der Waals surface area contributed by atoms with Gasteiger partial charge in [-0.1, -0.05) is 39.5 Å². The van der Waals surface area contributed by atoms with Crippen LogP contribution in [-0.4, -0.2) is 36.6 Å². The lowest BCUT2D eigenvalue weighted by Crippen LogP contribution is -2.45. The summed E-state index contributed by atoms with van der Waals surface area (Å²) in [7, 11) is 0. The number of hydrogen-bond acceptors (Lipinski definition) is 2. The van der Waals surface area contributed by atoms with Gasteiger partial charge < -0.3 is 10.2 Å². The topological polar surface area (TPSA) is 15.3 Å². The van der Waals surface area contributed by atoms with Crippen LogP contribution >= 0.6 is 0 Å². The van der Waals surface area contributed by atoms with Crippen molar-refractivity contribution in [1.82, 2.24) is 10.2 Å². The fourth-order valence-electron chi connectivity index (χ4n) is 3.75. The molecule has 0 aromatic carbocycles. The van der Waals surface area contributed by atoms with Gasteiger partial charge in [0.1, 0.15) is 0 Å². The highest BCUT2D eigenvalue weighted by Gasteiger charge is 2.31. The fourth-order valence-corrected chi connectivity index (χ4v) is 3.75. The SMILES string of the molecule is CC(C)CCCCCCNC1CCN2CCCC2C1. The molecule has 0 bridgehead atoms. The van der Waals surface area contributed by atoms with Gasteiger partial charge in [0.2, 0.25) is 0 Å². The second-order valence-electron chi connectivity index (χ2n) is 7.10. The molecule has 0 spiro atoms. The van der Waals surface area contributed by atoms with E-state index >= 15 is 0 Å². The van der Waals surface area contributed by atoms with Gasteiger partial charge in [0.25, 0.3) is 0 Å². The Labute approximate surface area is 120 Å². The van der Waals surface area contributed by atoms with Crippen LogP contribution in [-0.2, 0) is 0 Å². The predicted molar refractivity (Wildman–Crippen MR) is 83.5 cm³/mol. The minimum Gasteiger partial charge on any atom is -0.314 e. The lowest BCUT2D eigenvalue weighted by Gasteiger charge is -2.35. The molecule has 2 aliphatic heterocycles. The molecule has 1 N–H and O–H groups in total. The summed E-state index contributed by atoms with van der Waals surface area (Å²) in [5.74, 6) is 0.884. The highest BCUT2D eigenvalue weighted by atomic mass is 15.2. The summed E-state index contributed by atoms with van der Waals surface area (Å²) in [5, 5.41) is 3.81. The lowest BCUT2D eigenvalue weighted by molar-refractivity contribution is 0.167. The first-order valence-corrected chi connectivity index (χ1v) is 8.73. The van der Waals surface area contributed by atoms with Crippen LogP contribution < -0.4 is 5.32 Å². The van der Waals surface area contributed by atoms with Crippen LogP contribution in [0.2, 0.25) is 0 Å². The smallest absolute Gasteiger partial charge is 0.0111 e. The fraction of sp³-hybridized carbons (Fsp3) is 1.00. The quantitative estimate of drug-likeness (QED) is 0.672. The molecule has 2 atom stereocenters. The van der Waals surface area contributed by atoms with Crippen molar-refractivity contribution in [3.63, 3.8) is 0 Å². The second kappa shape index (κ2) is 8.26. The Balaban J connectivity index is 1.45. The maximum absolute atomic E-state index is 3.81. The number of nitrogens with one attached hydrogen (secondary N) is 1. The number of fused-ring (bicyclic) bond motifs is 1. The van der Waals surface area contributed by atoms with Crippen molar-refractivity contribution in [3.8, 4) is 0 Å². The van der Waals surface area contributed by atoms with Crippen molar-refractivity contribution in [3.05, 3.63) is 0 Å². The standard InChI is InChI=1S/C17H34N2/c1-15(2)8-5-3-4-6-11-18-16-10-13-19-12-7-9-17(19)14-16/h15-18H,3-14H2,1-2H3. The molecule has 2 heterocycles. The summed E-state index contributed by atoms with van der Waals surface area (Å²) in [5.41, 5.74) is 0. The van der Waals surface area contributed by atoms with Crippen LogP contribution in [0.15, 0.2) is 0 Å². The Morgan fingerprint density at radius 3 is 2.74 bits per heavy atom. The normalized spacial score (nSPS) is 27.9. The number of unbranched alkanes of at least 4 members (excludes halogenated alkanes) is 3. The molecule has 2 aliphatic rings. The van der Waals surface area contributed by atoms with E-state index in [4.69, 9.17) is 0 Å². The third-order valence-electron chi connectivity index (χ3n) is 4.96. The first kappa shape index (κ1) is 15.3. The zero-order valence-corrected chi connectivity index (χ0v) is 13.2. The number of hydrogen-bond donors (Lipinski definition) is 1. The van der Waals surface area contributed by atoms with Crippen LogP contribution in [0.25, 0.3) is 0 Å². The zero-order chi connectivity index (χ0) is 13.5. The van der Waals surface area contributed by atoms with Crippen LogP contribution in [0, 0.1) is 5.92 Å². The molecule has 0 radical (unpaired) electrons. The molecule has 2 rings (SSSR count). The minimum absolute atomic E-state index is 0.815. The summed E-state index contributed by atoms with van der Waals surface area (Å²) < 4.78 is 0. The van der Waals surface area contributed by atoms with Gasteiger partial charge in [-0.3, -0.25) is 0 Å². The molecule has 2 saturated heterocycles. The van der Waals surface area contributed by atoms with Crippen molar-refractivity contribution in [2.24, 2.45) is 5.92 Å². The first-order valence-electron chi connectivity index (χ1n) is 8.73.